The molecular formula is C15H14F3NO3S. The van der Waals surface area contributed by atoms with E-state index in [9.17, 15) is 23.1 Å². The van der Waals surface area contributed by atoms with E-state index in [1.807, 2.05) is 0 Å². The average Bonchev–Trinajstić information content (AvgIpc) is 2.99. The maximum Gasteiger partial charge on any atom is 0.446 e. The molecule has 0 bridgehead atoms. The van der Waals surface area contributed by atoms with Crippen LogP contribution in [0.15, 0.2) is 52.0 Å². The fourth-order valence-corrected chi connectivity index (χ4v) is 2.55. The summed E-state index contributed by atoms with van der Waals surface area (Å²) < 4.78 is 42.6. The van der Waals surface area contributed by atoms with Gasteiger partial charge in [0.05, 0.1) is 18.4 Å². The Labute approximate surface area is 134 Å². The number of benzene rings is 1. The van der Waals surface area contributed by atoms with Crippen molar-refractivity contribution in [3.05, 3.63) is 54.0 Å². The molecule has 2 aromatic rings. The molecular weight excluding hydrogens is 331 g/mol. The summed E-state index contributed by atoms with van der Waals surface area (Å²) in [5.41, 5.74) is -6.06. The SMILES string of the molecule is C[C@@](O)(CNC(=O)c1ccccc1SC(F)(F)F)c1ccco1. The average molecular weight is 345 g/mol. The molecule has 0 aliphatic heterocycles. The minimum atomic E-state index is -4.49. The van der Waals surface area contributed by atoms with Crippen molar-refractivity contribution in [3.63, 3.8) is 0 Å². The van der Waals surface area contributed by atoms with Crippen LogP contribution < -0.4 is 5.32 Å². The molecule has 1 aromatic carbocycles. The van der Waals surface area contributed by atoms with E-state index in [4.69, 9.17) is 4.42 Å². The zero-order valence-electron chi connectivity index (χ0n) is 12.1. The van der Waals surface area contributed by atoms with Gasteiger partial charge in [-0.3, -0.25) is 4.79 Å². The second kappa shape index (κ2) is 6.67. The van der Waals surface area contributed by atoms with Gasteiger partial charge in [-0.1, -0.05) is 12.1 Å². The Morgan fingerprint density at radius 3 is 2.57 bits per heavy atom. The molecule has 0 spiro atoms. The van der Waals surface area contributed by atoms with Gasteiger partial charge in [-0.05, 0) is 43.0 Å². The lowest BCUT2D eigenvalue weighted by atomic mass is 10.0. The molecule has 1 amide bonds. The van der Waals surface area contributed by atoms with Crippen molar-refractivity contribution in [2.24, 2.45) is 0 Å². The van der Waals surface area contributed by atoms with E-state index >= 15 is 0 Å². The third kappa shape index (κ3) is 4.77. The van der Waals surface area contributed by atoms with Crippen LogP contribution >= 0.6 is 11.8 Å². The molecule has 1 heterocycles. The normalized spacial score (nSPS) is 14.3. The summed E-state index contributed by atoms with van der Waals surface area (Å²) in [5, 5.41) is 12.7. The maximum atomic E-state index is 12.5. The molecule has 4 nitrogen and oxygen atoms in total. The first kappa shape index (κ1) is 17.4. The molecule has 0 radical (unpaired) electrons. The fraction of sp³-hybridized carbons (Fsp3) is 0.267. The van der Waals surface area contributed by atoms with Crippen LogP contribution in [0.25, 0.3) is 0 Å². The van der Waals surface area contributed by atoms with Gasteiger partial charge in [0.2, 0.25) is 0 Å². The molecule has 0 saturated heterocycles. The first-order valence-electron chi connectivity index (χ1n) is 6.58. The van der Waals surface area contributed by atoms with E-state index in [1.165, 1.54) is 37.5 Å². The molecule has 2 rings (SSSR count). The van der Waals surface area contributed by atoms with Gasteiger partial charge in [-0.25, -0.2) is 0 Å². The lowest BCUT2D eigenvalue weighted by Crippen LogP contribution is -2.38. The van der Waals surface area contributed by atoms with E-state index < -0.39 is 17.0 Å². The van der Waals surface area contributed by atoms with Crippen LogP contribution in [-0.4, -0.2) is 23.1 Å². The van der Waals surface area contributed by atoms with Gasteiger partial charge >= 0.3 is 5.51 Å². The second-order valence-electron chi connectivity index (χ2n) is 4.98. The minimum absolute atomic E-state index is 0.106. The first-order chi connectivity index (χ1) is 10.7. The Bertz CT molecular complexity index is 669. The number of furan rings is 1. The number of hydrogen-bond acceptors (Lipinski definition) is 4. The van der Waals surface area contributed by atoms with Gasteiger partial charge in [-0.15, -0.1) is 0 Å². The Morgan fingerprint density at radius 2 is 1.96 bits per heavy atom. The molecule has 0 aliphatic carbocycles. The summed E-state index contributed by atoms with van der Waals surface area (Å²) in [6, 6.07) is 8.53. The lowest BCUT2D eigenvalue weighted by Gasteiger charge is -2.21. The number of nitrogens with one attached hydrogen (secondary N) is 1. The largest absolute Gasteiger partial charge is 0.466 e. The van der Waals surface area contributed by atoms with E-state index in [1.54, 1.807) is 12.1 Å². The summed E-state index contributed by atoms with van der Waals surface area (Å²) in [7, 11) is 0. The summed E-state index contributed by atoms with van der Waals surface area (Å²) in [6.07, 6.45) is 1.38. The number of alkyl halides is 3. The van der Waals surface area contributed by atoms with Crippen LogP contribution in [0.5, 0.6) is 0 Å². The molecule has 0 fully saturated rings. The lowest BCUT2D eigenvalue weighted by molar-refractivity contribution is -0.0328. The maximum absolute atomic E-state index is 12.5. The van der Waals surface area contributed by atoms with Crippen molar-refractivity contribution in [2.45, 2.75) is 22.9 Å². The molecule has 0 aliphatic rings. The van der Waals surface area contributed by atoms with Crippen molar-refractivity contribution >= 4 is 17.7 Å². The monoisotopic (exact) mass is 345 g/mol. The Balaban J connectivity index is 2.10. The second-order valence-corrected chi connectivity index (χ2v) is 6.08. The van der Waals surface area contributed by atoms with Crippen molar-refractivity contribution in [2.75, 3.05) is 6.54 Å². The molecule has 1 atom stereocenters. The van der Waals surface area contributed by atoms with E-state index in [0.717, 1.165) is 0 Å². The molecule has 8 heteroatoms. The van der Waals surface area contributed by atoms with Crippen LogP contribution in [-0.2, 0) is 5.60 Å². The summed E-state index contributed by atoms with van der Waals surface area (Å²) in [6.45, 7) is 1.23. The summed E-state index contributed by atoms with van der Waals surface area (Å²) in [4.78, 5) is 11.9. The fourth-order valence-electron chi connectivity index (χ4n) is 1.89. The standard InChI is InChI=1S/C15H14F3NO3S/c1-14(21,12-7-4-8-22-12)9-19-13(20)10-5-2-3-6-11(10)23-15(16,17)18/h2-8,21H,9H2,1H3,(H,19,20)/t14-/m1/s1. The van der Waals surface area contributed by atoms with Gasteiger partial charge in [0.1, 0.15) is 11.4 Å². The number of rotatable bonds is 5. The predicted molar refractivity (Wildman–Crippen MR) is 79.0 cm³/mol. The molecule has 124 valence electrons. The van der Waals surface area contributed by atoms with Gasteiger partial charge in [0.15, 0.2) is 0 Å². The number of halogens is 3. The van der Waals surface area contributed by atoms with E-state index in [-0.39, 0.29) is 34.5 Å². The van der Waals surface area contributed by atoms with Crippen molar-refractivity contribution < 1.29 is 27.5 Å². The molecule has 0 unspecified atom stereocenters. The third-order valence-electron chi connectivity index (χ3n) is 3.00. The van der Waals surface area contributed by atoms with Crippen molar-refractivity contribution in [1.82, 2.24) is 5.32 Å². The number of hydrogen-bond donors (Lipinski definition) is 2. The highest BCUT2D eigenvalue weighted by Gasteiger charge is 2.32. The third-order valence-corrected chi connectivity index (χ3v) is 3.81. The highest BCUT2D eigenvalue weighted by molar-refractivity contribution is 8.00. The van der Waals surface area contributed by atoms with Crippen LogP contribution in [0.4, 0.5) is 13.2 Å². The molecule has 0 saturated carbocycles. The zero-order valence-corrected chi connectivity index (χ0v) is 12.9. The quantitative estimate of drug-likeness (QED) is 0.814. The van der Waals surface area contributed by atoms with E-state index in [2.05, 4.69) is 5.32 Å². The van der Waals surface area contributed by atoms with Crippen molar-refractivity contribution in [3.8, 4) is 0 Å². The molecule has 1 aromatic heterocycles. The van der Waals surface area contributed by atoms with E-state index in [0.29, 0.717) is 0 Å². The molecule has 2 N–H and O–H groups in total. The Kier molecular flexibility index (Phi) is 5.06. The summed E-state index contributed by atoms with van der Waals surface area (Å²) >= 11 is -0.355. The van der Waals surface area contributed by atoms with Crippen LogP contribution in [0, 0.1) is 0 Å². The zero-order chi connectivity index (χ0) is 17.1. The number of thioether (sulfide) groups is 1. The van der Waals surface area contributed by atoms with Gasteiger partial charge in [0.25, 0.3) is 5.91 Å². The van der Waals surface area contributed by atoms with Crippen molar-refractivity contribution in [1.29, 1.82) is 0 Å². The van der Waals surface area contributed by atoms with Gasteiger partial charge in [-0.2, -0.15) is 13.2 Å². The highest BCUT2D eigenvalue weighted by atomic mass is 32.2. The minimum Gasteiger partial charge on any atom is -0.466 e. The highest BCUT2D eigenvalue weighted by Crippen LogP contribution is 2.38. The number of aliphatic hydroxyl groups is 1. The topological polar surface area (TPSA) is 62.5 Å². The first-order valence-corrected chi connectivity index (χ1v) is 7.40. The molecule has 23 heavy (non-hydrogen) atoms. The Morgan fingerprint density at radius 1 is 1.26 bits per heavy atom. The smallest absolute Gasteiger partial charge is 0.446 e. The number of carbonyl (C=O) groups is 1. The van der Waals surface area contributed by atoms with Crippen LogP contribution in [0.3, 0.4) is 0 Å². The number of carbonyl (C=O) groups excluding carboxylic acids is 1. The Hall–Kier alpha value is -1.93. The predicted octanol–water partition coefficient (Wildman–Crippen LogP) is 3.53. The summed E-state index contributed by atoms with van der Waals surface area (Å²) in [5.74, 6) is -0.458. The van der Waals surface area contributed by atoms with Crippen LogP contribution in [0.2, 0.25) is 0 Å². The van der Waals surface area contributed by atoms with Gasteiger partial charge in [0, 0.05) is 4.90 Å². The number of amides is 1. The van der Waals surface area contributed by atoms with Gasteiger partial charge < -0.3 is 14.8 Å². The van der Waals surface area contributed by atoms with Crippen LogP contribution in [0.1, 0.15) is 23.0 Å².